The van der Waals surface area contributed by atoms with Crippen molar-refractivity contribution in [3.63, 3.8) is 0 Å². The SMILES string of the molecule is COc1nnc(-c2ccncc2)cc1-n1ccc2ccccc21. The first-order valence-electron chi connectivity index (χ1n) is 7.25. The molecule has 0 radical (unpaired) electrons. The molecule has 0 atom stereocenters. The number of rotatable bonds is 3. The molecule has 0 bridgehead atoms. The van der Waals surface area contributed by atoms with Crippen LogP contribution in [0.2, 0.25) is 0 Å². The molecular weight excluding hydrogens is 288 g/mol. The molecule has 0 unspecified atom stereocenters. The van der Waals surface area contributed by atoms with Crippen LogP contribution in [0.15, 0.2) is 67.1 Å². The van der Waals surface area contributed by atoms with Crippen LogP contribution in [0.4, 0.5) is 0 Å². The van der Waals surface area contributed by atoms with Crippen LogP contribution < -0.4 is 4.74 Å². The molecule has 0 aliphatic carbocycles. The number of benzene rings is 1. The van der Waals surface area contributed by atoms with Gasteiger partial charge in [-0.15, -0.1) is 10.2 Å². The first-order chi connectivity index (χ1) is 11.4. The van der Waals surface area contributed by atoms with Gasteiger partial charge in [-0.3, -0.25) is 4.98 Å². The minimum Gasteiger partial charge on any atom is -0.478 e. The standard InChI is InChI=1S/C18H14N4O/c1-23-18-17(22-11-8-14-4-2-3-5-16(14)22)12-15(20-21-18)13-6-9-19-10-7-13/h2-12H,1H3. The fourth-order valence-corrected chi connectivity index (χ4v) is 2.65. The first kappa shape index (κ1) is 13.5. The number of nitrogens with zero attached hydrogens (tertiary/aromatic N) is 4. The second-order valence-corrected chi connectivity index (χ2v) is 5.10. The number of ether oxygens (including phenoxy) is 1. The number of aromatic nitrogens is 4. The van der Waals surface area contributed by atoms with Gasteiger partial charge in [0.05, 0.1) is 18.3 Å². The minimum atomic E-state index is 0.490. The van der Waals surface area contributed by atoms with E-state index in [0.717, 1.165) is 27.8 Å². The number of para-hydroxylation sites is 1. The second-order valence-electron chi connectivity index (χ2n) is 5.10. The Bertz CT molecular complexity index is 963. The lowest BCUT2D eigenvalue weighted by Gasteiger charge is -2.11. The van der Waals surface area contributed by atoms with E-state index in [-0.39, 0.29) is 0 Å². The maximum Gasteiger partial charge on any atom is 0.257 e. The molecule has 0 aliphatic heterocycles. The van der Waals surface area contributed by atoms with Crippen molar-refractivity contribution in [1.29, 1.82) is 0 Å². The van der Waals surface area contributed by atoms with Crippen LogP contribution in [-0.4, -0.2) is 26.9 Å². The Kier molecular flexibility index (Phi) is 3.24. The largest absolute Gasteiger partial charge is 0.478 e. The summed E-state index contributed by atoms with van der Waals surface area (Å²) in [6.07, 6.45) is 5.50. The number of hydrogen-bond acceptors (Lipinski definition) is 4. The number of fused-ring (bicyclic) bond motifs is 1. The fraction of sp³-hybridized carbons (Fsp3) is 0.0556. The lowest BCUT2D eigenvalue weighted by molar-refractivity contribution is 0.390. The fourth-order valence-electron chi connectivity index (χ4n) is 2.65. The molecule has 1 aromatic carbocycles. The highest BCUT2D eigenvalue weighted by molar-refractivity contribution is 5.82. The van der Waals surface area contributed by atoms with Crippen LogP contribution >= 0.6 is 0 Å². The van der Waals surface area contributed by atoms with E-state index in [1.54, 1.807) is 19.5 Å². The topological polar surface area (TPSA) is 52.8 Å². The van der Waals surface area contributed by atoms with Gasteiger partial charge < -0.3 is 9.30 Å². The van der Waals surface area contributed by atoms with Gasteiger partial charge in [0.1, 0.15) is 5.69 Å². The summed E-state index contributed by atoms with van der Waals surface area (Å²) >= 11 is 0. The van der Waals surface area contributed by atoms with E-state index >= 15 is 0 Å². The van der Waals surface area contributed by atoms with Crippen LogP contribution in [0.25, 0.3) is 27.8 Å². The highest BCUT2D eigenvalue weighted by Crippen LogP contribution is 2.28. The van der Waals surface area contributed by atoms with Crippen molar-refractivity contribution in [3.8, 4) is 22.8 Å². The van der Waals surface area contributed by atoms with E-state index in [4.69, 9.17) is 4.74 Å². The van der Waals surface area contributed by atoms with E-state index in [0.29, 0.717) is 5.88 Å². The molecule has 5 heteroatoms. The predicted octanol–water partition coefficient (Wildman–Crippen LogP) is 3.49. The van der Waals surface area contributed by atoms with Gasteiger partial charge in [0, 0.05) is 24.2 Å². The van der Waals surface area contributed by atoms with Crippen molar-refractivity contribution >= 4 is 10.9 Å². The van der Waals surface area contributed by atoms with Gasteiger partial charge in [0.2, 0.25) is 0 Å². The Hall–Kier alpha value is -3.21. The monoisotopic (exact) mass is 302 g/mol. The maximum absolute atomic E-state index is 5.40. The molecule has 3 aromatic heterocycles. The van der Waals surface area contributed by atoms with E-state index in [1.165, 1.54) is 0 Å². The molecule has 0 amide bonds. The molecule has 4 aromatic rings. The average molecular weight is 302 g/mol. The Balaban J connectivity index is 1.93. The molecule has 5 nitrogen and oxygen atoms in total. The molecule has 4 rings (SSSR count). The zero-order valence-electron chi connectivity index (χ0n) is 12.5. The van der Waals surface area contributed by atoms with Crippen LogP contribution in [0.1, 0.15) is 0 Å². The van der Waals surface area contributed by atoms with Gasteiger partial charge in [-0.1, -0.05) is 18.2 Å². The minimum absolute atomic E-state index is 0.490. The number of pyridine rings is 1. The molecule has 23 heavy (non-hydrogen) atoms. The summed E-state index contributed by atoms with van der Waals surface area (Å²) in [7, 11) is 1.60. The van der Waals surface area contributed by atoms with Crippen molar-refractivity contribution < 1.29 is 4.74 Å². The first-order valence-corrected chi connectivity index (χ1v) is 7.25. The lowest BCUT2D eigenvalue weighted by atomic mass is 10.2. The summed E-state index contributed by atoms with van der Waals surface area (Å²) in [5, 5.41) is 9.64. The summed E-state index contributed by atoms with van der Waals surface area (Å²) in [4.78, 5) is 4.04. The van der Waals surface area contributed by atoms with Gasteiger partial charge in [0.15, 0.2) is 0 Å². The van der Waals surface area contributed by atoms with Gasteiger partial charge in [-0.25, -0.2) is 0 Å². The number of methoxy groups -OCH3 is 1. The molecule has 0 saturated heterocycles. The van der Waals surface area contributed by atoms with Gasteiger partial charge >= 0.3 is 0 Å². The van der Waals surface area contributed by atoms with Crippen molar-refractivity contribution in [2.75, 3.05) is 7.11 Å². The van der Waals surface area contributed by atoms with Crippen molar-refractivity contribution in [3.05, 3.63) is 67.1 Å². The van der Waals surface area contributed by atoms with Crippen molar-refractivity contribution in [1.82, 2.24) is 19.7 Å². The lowest BCUT2D eigenvalue weighted by Crippen LogP contribution is -2.02. The Morgan fingerprint density at radius 3 is 2.61 bits per heavy atom. The van der Waals surface area contributed by atoms with Gasteiger partial charge in [0.25, 0.3) is 5.88 Å². The summed E-state index contributed by atoms with van der Waals surface area (Å²) < 4.78 is 7.47. The van der Waals surface area contributed by atoms with Crippen molar-refractivity contribution in [2.24, 2.45) is 0 Å². The summed E-state index contributed by atoms with van der Waals surface area (Å²) in [5.74, 6) is 0.490. The predicted molar refractivity (Wildman–Crippen MR) is 88.6 cm³/mol. The smallest absolute Gasteiger partial charge is 0.257 e. The summed E-state index contributed by atoms with van der Waals surface area (Å²) in [6.45, 7) is 0. The van der Waals surface area contributed by atoms with Crippen molar-refractivity contribution in [2.45, 2.75) is 0 Å². The highest BCUT2D eigenvalue weighted by Gasteiger charge is 2.13. The van der Waals surface area contributed by atoms with Crippen LogP contribution in [0.5, 0.6) is 5.88 Å². The zero-order chi connectivity index (χ0) is 15.6. The van der Waals surface area contributed by atoms with Gasteiger partial charge in [-0.05, 0) is 35.7 Å². The van der Waals surface area contributed by atoms with Gasteiger partial charge in [-0.2, -0.15) is 0 Å². The molecule has 0 fully saturated rings. The third kappa shape index (κ3) is 2.32. The second kappa shape index (κ2) is 5.53. The average Bonchev–Trinajstić information content (AvgIpc) is 3.06. The Morgan fingerprint density at radius 1 is 0.957 bits per heavy atom. The third-order valence-electron chi connectivity index (χ3n) is 3.77. The maximum atomic E-state index is 5.40. The molecule has 0 aliphatic rings. The van der Waals surface area contributed by atoms with Crippen LogP contribution in [-0.2, 0) is 0 Å². The molecular formula is C18H14N4O. The quantitative estimate of drug-likeness (QED) is 0.581. The van der Waals surface area contributed by atoms with E-state index < -0.39 is 0 Å². The molecule has 112 valence electrons. The molecule has 0 spiro atoms. The third-order valence-corrected chi connectivity index (χ3v) is 3.77. The summed E-state index contributed by atoms with van der Waals surface area (Å²) in [5.41, 5.74) is 3.70. The molecule has 3 heterocycles. The highest BCUT2D eigenvalue weighted by atomic mass is 16.5. The van der Waals surface area contributed by atoms with E-state index in [1.807, 2.05) is 36.5 Å². The number of hydrogen-bond donors (Lipinski definition) is 0. The van der Waals surface area contributed by atoms with E-state index in [2.05, 4.69) is 37.9 Å². The normalized spacial score (nSPS) is 10.8. The molecule has 0 N–H and O–H groups in total. The zero-order valence-corrected chi connectivity index (χ0v) is 12.5. The summed E-state index contributed by atoms with van der Waals surface area (Å²) in [6, 6.07) is 16.1. The molecule has 0 saturated carbocycles. The Morgan fingerprint density at radius 2 is 1.78 bits per heavy atom. The van der Waals surface area contributed by atoms with Crippen LogP contribution in [0.3, 0.4) is 0 Å². The van der Waals surface area contributed by atoms with E-state index in [9.17, 15) is 0 Å². The van der Waals surface area contributed by atoms with Crippen LogP contribution in [0, 0.1) is 0 Å². The Labute approximate surface area is 133 Å².